The first-order chi connectivity index (χ1) is 9.54. The lowest BCUT2D eigenvalue weighted by molar-refractivity contribution is 0.0859. The van der Waals surface area contributed by atoms with Gasteiger partial charge in [-0.3, -0.25) is 4.90 Å². The molecule has 3 atom stereocenters. The monoisotopic (exact) mass is 336 g/mol. The average Bonchev–Trinajstić information content (AvgIpc) is 2.95. The lowest BCUT2D eigenvalue weighted by atomic mass is 9.84. The first-order valence-electron chi connectivity index (χ1n) is 7.77. The molecule has 2 nitrogen and oxygen atoms in total. The van der Waals surface area contributed by atoms with Crippen molar-refractivity contribution in [2.24, 2.45) is 11.8 Å². The smallest absolute Gasteiger partial charge is 0.0351 e. The molecule has 3 unspecified atom stereocenters. The zero-order valence-electron chi connectivity index (χ0n) is 12.7. The Morgan fingerprint density at radius 2 is 2.20 bits per heavy atom. The molecule has 20 heavy (non-hydrogen) atoms. The number of halogens is 1. The first-order valence-corrected chi connectivity index (χ1v) is 8.56. The zero-order valence-corrected chi connectivity index (χ0v) is 14.3. The number of hydrogen-bond donors (Lipinski definition) is 1. The maximum atomic E-state index is 3.62. The Morgan fingerprint density at radius 3 is 2.85 bits per heavy atom. The summed E-state index contributed by atoms with van der Waals surface area (Å²) in [4.78, 5) is 2.75. The molecule has 0 radical (unpaired) electrons. The summed E-state index contributed by atoms with van der Waals surface area (Å²) in [6.07, 6.45) is 1.17. The SMILES string of the molecule is CCC(c1cccc(Br)c1)N1CC2CNCC2C1(C)C. The largest absolute Gasteiger partial charge is 0.316 e. The third kappa shape index (κ3) is 2.34. The number of benzene rings is 1. The molecule has 2 heterocycles. The summed E-state index contributed by atoms with van der Waals surface area (Å²) < 4.78 is 1.19. The van der Waals surface area contributed by atoms with Gasteiger partial charge in [-0.05, 0) is 56.3 Å². The Kier molecular flexibility index (Phi) is 3.95. The van der Waals surface area contributed by atoms with Gasteiger partial charge in [0.15, 0.2) is 0 Å². The summed E-state index contributed by atoms with van der Waals surface area (Å²) in [7, 11) is 0. The third-order valence-corrected chi connectivity index (χ3v) is 5.91. The van der Waals surface area contributed by atoms with Gasteiger partial charge in [0.05, 0.1) is 0 Å². The standard InChI is InChI=1S/C17H25BrN2/c1-4-16(12-6-5-7-14(18)8-12)20-11-13-9-19-10-15(13)17(20,2)3/h5-8,13,15-16,19H,4,9-11H2,1-3H3. The summed E-state index contributed by atoms with van der Waals surface area (Å²) in [5.41, 5.74) is 1.74. The van der Waals surface area contributed by atoms with E-state index in [2.05, 4.69) is 71.2 Å². The zero-order chi connectivity index (χ0) is 14.3. The maximum absolute atomic E-state index is 3.62. The molecule has 0 spiro atoms. The summed E-state index contributed by atoms with van der Waals surface area (Å²) in [6, 6.07) is 9.38. The molecule has 2 fully saturated rings. The fourth-order valence-corrected chi connectivity index (χ4v) is 4.75. The molecule has 0 aliphatic carbocycles. The highest BCUT2D eigenvalue weighted by molar-refractivity contribution is 9.10. The lowest BCUT2D eigenvalue weighted by Crippen LogP contribution is -2.46. The molecule has 1 aromatic rings. The van der Waals surface area contributed by atoms with Gasteiger partial charge in [0.2, 0.25) is 0 Å². The van der Waals surface area contributed by atoms with Gasteiger partial charge in [-0.25, -0.2) is 0 Å². The number of hydrogen-bond acceptors (Lipinski definition) is 2. The number of nitrogens with zero attached hydrogens (tertiary/aromatic N) is 1. The van der Waals surface area contributed by atoms with E-state index >= 15 is 0 Å². The van der Waals surface area contributed by atoms with E-state index in [-0.39, 0.29) is 5.54 Å². The van der Waals surface area contributed by atoms with Crippen molar-refractivity contribution in [3.63, 3.8) is 0 Å². The Morgan fingerprint density at radius 1 is 1.40 bits per heavy atom. The minimum Gasteiger partial charge on any atom is -0.316 e. The number of nitrogens with one attached hydrogen (secondary N) is 1. The lowest BCUT2D eigenvalue weighted by Gasteiger charge is -2.41. The van der Waals surface area contributed by atoms with Crippen LogP contribution in [-0.2, 0) is 0 Å². The van der Waals surface area contributed by atoms with Gasteiger partial charge in [-0.1, -0.05) is 35.0 Å². The van der Waals surface area contributed by atoms with Crippen LogP contribution in [0.4, 0.5) is 0 Å². The molecule has 3 heteroatoms. The summed E-state index contributed by atoms with van der Waals surface area (Å²) in [6.45, 7) is 10.8. The highest BCUT2D eigenvalue weighted by Gasteiger charge is 2.51. The topological polar surface area (TPSA) is 15.3 Å². The van der Waals surface area contributed by atoms with Crippen LogP contribution >= 0.6 is 15.9 Å². The minimum atomic E-state index is 0.289. The summed E-state index contributed by atoms with van der Waals surface area (Å²) in [5, 5.41) is 3.57. The Hall–Kier alpha value is -0.380. The van der Waals surface area contributed by atoms with Gasteiger partial charge in [-0.2, -0.15) is 0 Å². The van der Waals surface area contributed by atoms with E-state index in [1.54, 1.807) is 0 Å². The van der Waals surface area contributed by atoms with Crippen LogP contribution in [0.1, 0.15) is 38.8 Å². The van der Waals surface area contributed by atoms with Crippen molar-refractivity contribution in [2.45, 2.75) is 38.8 Å². The highest BCUT2D eigenvalue weighted by Crippen LogP contribution is 2.45. The molecule has 0 aromatic heterocycles. The van der Waals surface area contributed by atoms with E-state index in [4.69, 9.17) is 0 Å². The number of fused-ring (bicyclic) bond motifs is 1. The molecule has 0 bridgehead atoms. The van der Waals surface area contributed by atoms with Crippen molar-refractivity contribution >= 4 is 15.9 Å². The van der Waals surface area contributed by atoms with Crippen LogP contribution in [-0.4, -0.2) is 30.1 Å². The van der Waals surface area contributed by atoms with E-state index in [1.807, 2.05) is 0 Å². The van der Waals surface area contributed by atoms with Crippen LogP contribution < -0.4 is 5.32 Å². The molecule has 110 valence electrons. The second kappa shape index (κ2) is 5.43. The second-order valence-electron chi connectivity index (χ2n) is 6.81. The molecule has 2 aliphatic rings. The van der Waals surface area contributed by atoms with Gasteiger partial charge in [0.25, 0.3) is 0 Å². The van der Waals surface area contributed by atoms with Crippen LogP contribution in [0, 0.1) is 11.8 Å². The summed E-state index contributed by atoms with van der Waals surface area (Å²) >= 11 is 3.62. The van der Waals surface area contributed by atoms with Crippen LogP contribution in [0.2, 0.25) is 0 Å². The molecule has 0 amide bonds. The Labute approximate surface area is 131 Å². The normalized spacial score (nSPS) is 30.4. The molecular weight excluding hydrogens is 312 g/mol. The minimum absolute atomic E-state index is 0.289. The summed E-state index contributed by atoms with van der Waals surface area (Å²) in [5.74, 6) is 1.62. The van der Waals surface area contributed by atoms with Crippen LogP contribution in [0.15, 0.2) is 28.7 Å². The number of likely N-dealkylation sites (tertiary alicyclic amines) is 1. The van der Waals surface area contributed by atoms with Crippen molar-refractivity contribution in [3.8, 4) is 0 Å². The van der Waals surface area contributed by atoms with E-state index in [0.29, 0.717) is 6.04 Å². The molecule has 1 aromatic carbocycles. The van der Waals surface area contributed by atoms with Crippen molar-refractivity contribution in [2.75, 3.05) is 19.6 Å². The van der Waals surface area contributed by atoms with E-state index < -0.39 is 0 Å². The Bertz CT molecular complexity index is 486. The van der Waals surface area contributed by atoms with Crippen LogP contribution in [0.3, 0.4) is 0 Å². The molecular formula is C17H25BrN2. The molecule has 1 N–H and O–H groups in total. The van der Waals surface area contributed by atoms with Gasteiger partial charge in [0.1, 0.15) is 0 Å². The molecule has 0 saturated carbocycles. The average molecular weight is 337 g/mol. The number of rotatable bonds is 3. The van der Waals surface area contributed by atoms with Gasteiger partial charge in [-0.15, -0.1) is 0 Å². The van der Waals surface area contributed by atoms with Crippen molar-refractivity contribution in [1.82, 2.24) is 10.2 Å². The first kappa shape index (κ1) is 14.6. The highest BCUT2D eigenvalue weighted by atomic mass is 79.9. The van der Waals surface area contributed by atoms with Crippen LogP contribution in [0.25, 0.3) is 0 Å². The molecule has 2 saturated heterocycles. The predicted molar refractivity (Wildman–Crippen MR) is 87.8 cm³/mol. The van der Waals surface area contributed by atoms with Gasteiger partial charge in [0, 0.05) is 29.1 Å². The van der Waals surface area contributed by atoms with Crippen LogP contribution in [0.5, 0.6) is 0 Å². The Balaban J connectivity index is 1.90. The van der Waals surface area contributed by atoms with E-state index in [9.17, 15) is 0 Å². The van der Waals surface area contributed by atoms with Crippen molar-refractivity contribution in [1.29, 1.82) is 0 Å². The van der Waals surface area contributed by atoms with E-state index in [1.165, 1.54) is 36.1 Å². The van der Waals surface area contributed by atoms with Gasteiger partial charge >= 0.3 is 0 Å². The maximum Gasteiger partial charge on any atom is 0.0351 e. The fraction of sp³-hybridized carbons (Fsp3) is 0.647. The molecule has 3 rings (SSSR count). The van der Waals surface area contributed by atoms with Gasteiger partial charge < -0.3 is 5.32 Å². The third-order valence-electron chi connectivity index (χ3n) is 5.42. The van der Waals surface area contributed by atoms with Crippen molar-refractivity contribution < 1.29 is 0 Å². The second-order valence-corrected chi connectivity index (χ2v) is 7.73. The quantitative estimate of drug-likeness (QED) is 0.902. The van der Waals surface area contributed by atoms with Crippen molar-refractivity contribution in [3.05, 3.63) is 34.3 Å². The van der Waals surface area contributed by atoms with E-state index in [0.717, 1.165) is 11.8 Å². The predicted octanol–water partition coefficient (Wildman–Crippen LogP) is 3.83. The fourth-order valence-electron chi connectivity index (χ4n) is 4.33. The molecule has 2 aliphatic heterocycles.